The lowest BCUT2D eigenvalue weighted by atomic mass is 10.2. The van der Waals surface area contributed by atoms with Crippen molar-refractivity contribution in [2.45, 2.75) is 25.9 Å². The fraction of sp³-hybridized carbons (Fsp3) is 0.308. The van der Waals surface area contributed by atoms with Crippen molar-refractivity contribution in [1.82, 2.24) is 9.78 Å². The van der Waals surface area contributed by atoms with Crippen molar-refractivity contribution in [2.24, 2.45) is 0 Å². The summed E-state index contributed by atoms with van der Waals surface area (Å²) in [4.78, 5) is 0. The third-order valence-corrected chi connectivity index (χ3v) is 2.81. The van der Waals surface area contributed by atoms with Crippen LogP contribution in [0.5, 0.6) is 0 Å². The van der Waals surface area contributed by atoms with Crippen LogP contribution in [0, 0.1) is 0 Å². The fourth-order valence-corrected chi connectivity index (χ4v) is 1.91. The molecule has 0 saturated carbocycles. The summed E-state index contributed by atoms with van der Waals surface area (Å²) in [5, 5.41) is 4.05. The number of halogens is 3. The molecule has 0 aliphatic carbocycles. The molecule has 0 unspecified atom stereocenters. The molecule has 1 heterocycles. The standard InChI is InChI=1S/C13H14F3N3/c1-2-4-12-11(17)8-18-19(12)10-6-3-5-9(7-10)13(14,15)16/h3,5-8H,2,4,17H2,1H3. The number of nitrogen functional groups attached to an aromatic ring is 1. The van der Waals surface area contributed by atoms with Crippen LogP contribution in [-0.2, 0) is 12.6 Å². The average molecular weight is 269 g/mol. The lowest BCUT2D eigenvalue weighted by Crippen LogP contribution is -2.08. The third kappa shape index (κ3) is 2.72. The van der Waals surface area contributed by atoms with Crippen LogP contribution in [0.2, 0.25) is 0 Å². The number of nitrogens with two attached hydrogens (primary N) is 1. The molecule has 2 N–H and O–H groups in total. The Kier molecular flexibility index (Phi) is 3.50. The van der Waals surface area contributed by atoms with E-state index in [2.05, 4.69) is 5.10 Å². The van der Waals surface area contributed by atoms with Gasteiger partial charge in [-0.2, -0.15) is 18.3 Å². The van der Waals surface area contributed by atoms with Crippen molar-refractivity contribution >= 4 is 5.69 Å². The van der Waals surface area contributed by atoms with Crippen LogP contribution in [0.1, 0.15) is 24.6 Å². The minimum absolute atomic E-state index is 0.370. The molecule has 2 aromatic rings. The largest absolute Gasteiger partial charge is 0.416 e. The maximum Gasteiger partial charge on any atom is 0.416 e. The zero-order valence-electron chi connectivity index (χ0n) is 10.4. The normalized spacial score (nSPS) is 11.8. The highest BCUT2D eigenvalue weighted by Gasteiger charge is 2.30. The van der Waals surface area contributed by atoms with Gasteiger partial charge >= 0.3 is 6.18 Å². The second-order valence-corrected chi connectivity index (χ2v) is 4.26. The molecule has 19 heavy (non-hydrogen) atoms. The topological polar surface area (TPSA) is 43.8 Å². The quantitative estimate of drug-likeness (QED) is 0.927. The molecule has 0 atom stereocenters. The Morgan fingerprint density at radius 1 is 1.32 bits per heavy atom. The Balaban J connectivity index is 2.48. The van der Waals surface area contributed by atoms with Gasteiger partial charge in [-0.15, -0.1) is 0 Å². The van der Waals surface area contributed by atoms with Gasteiger partial charge in [0.05, 0.1) is 28.8 Å². The SMILES string of the molecule is CCCc1c(N)cnn1-c1cccc(C(F)(F)F)c1. The predicted octanol–water partition coefficient (Wildman–Crippen LogP) is 3.43. The predicted molar refractivity (Wildman–Crippen MR) is 67.0 cm³/mol. The number of anilines is 1. The first-order chi connectivity index (χ1) is 8.93. The number of aromatic nitrogens is 2. The molecule has 0 radical (unpaired) electrons. The van der Waals surface area contributed by atoms with E-state index in [9.17, 15) is 13.2 Å². The summed E-state index contributed by atoms with van der Waals surface area (Å²) >= 11 is 0. The number of nitrogens with zero attached hydrogens (tertiary/aromatic N) is 2. The van der Waals surface area contributed by atoms with E-state index in [0.717, 1.165) is 24.2 Å². The summed E-state index contributed by atoms with van der Waals surface area (Å²) < 4.78 is 39.5. The summed E-state index contributed by atoms with van der Waals surface area (Å²) in [6.45, 7) is 1.98. The first-order valence-electron chi connectivity index (χ1n) is 5.93. The van der Waals surface area contributed by atoms with E-state index in [-0.39, 0.29) is 0 Å². The molecule has 0 bridgehead atoms. The van der Waals surface area contributed by atoms with Gasteiger partial charge in [-0.3, -0.25) is 0 Å². The summed E-state index contributed by atoms with van der Waals surface area (Å²) in [5.41, 5.74) is 6.70. The van der Waals surface area contributed by atoms with E-state index >= 15 is 0 Å². The molecule has 6 heteroatoms. The number of hydrogen-bond acceptors (Lipinski definition) is 2. The lowest BCUT2D eigenvalue weighted by Gasteiger charge is -2.11. The Morgan fingerprint density at radius 2 is 2.05 bits per heavy atom. The number of alkyl halides is 3. The van der Waals surface area contributed by atoms with Crippen molar-refractivity contribution in [3.8, 4) is 5.69 Å². The summed E-state index contributed by atoms with van der Waals surface area (Å²) in [5.74, 6) is 0. The molecule has 3 nitrogen and oxygen atoms in total. The van der Waals surface area contributed by atoms with E-state index in [4.69, 9.17) is 5.73 Å². The van der Waals surface area contributed by atoms with Crippen molar-refractivity contribution < 1.29 is 13.2 Å². The number of benzene rings is 1. The molecule has 0 aliphatic heterocycles. The second-order valence-electron chi connectivity index (χ2n) is 4.26. The fourth-order valence-electron chi connectivity index (χ4n) is 1.91. The van der Waals surface area contributed by atoms with E-state index in [1.807, 2.05) is 6.92 Å². The molecular weight excluding hydrogens is 255 g/mol. The average Bonchev–Trinajstić information content (AvgIpc) is 2.71. The van der Waals surface area contributed by atoms with Crippen LogP contribution in [0.25, 0.3) is 5.69 Å². The molecule has 0 saturated heterocycles. The zero-order chi connectivity index (χ0) is 14.0. The molecule has 0 spiro atoms. The van der Waals surface area contributed by atoms with Crippen molar-refractivity contribution in [3.63, 3.8) is 0 Å². The van der Waals surface area contributed by atoms with Gasteiger partial charge in [-0.05, 0) is 24.6 Å². The first kappa shape index (κ1) is 13.5. The smallest absolute Gasteiger partial charge is 0.396 e. The van der Waals surface area contributed by atoms with Gasteiger partial charge < -0.3 is 5.73 Å². The molecule has 0 amide bonds. The van der Waals surface area contributed by atoms with Gasteiger partial charge in [0.25, 0.3) is 0 Å². The summed E-state index contributed by atoms with van der Waals surface area (Å²) in [7, 11) is 0. The van der Waals surface area contributed by atoms with Gasteiger partial charge in [-0.25, -0.2) is 4.68 Å². The van der Waals surface area contributed by atoms with Crippen LogP contribution >= 0.6 is 0 Å². The lowest BCUT2D eigenvalue weighted by molar-refractivity contribution is -0.137. The Labute approximate surface area is 108 Å². The molecular formula is C13H14F3N3. The van der Waals surface area contributed by atoms with Gasteiger partial charge in [0, 0.05) is 0 Å². The maximum atomic E-state index is 12.7. The molecule has 1 aromatic heterocycles. The van der Waals surface area contributed by atoms with Crippen molar-refractivity contribution in [2.75, 3.05) is 5.73 Å². The zero-order valence-corrected chi connectivity index (χ0v) is 10.4. The number of hydrogen-bond donors (Lipinski definition) is 1. The van der Waals surface area contributed by atoms with E-state index in [0.29, 0.717) is 17.8 Å². The monoisotopic (exact) mass is 269 g/mol. The maximum absolute atomic E-state index is 12.7. The van der Waals surface area contributed by atoms with Crippen LogP contribution in [0.15, 0.2) is 30.5 Å². The van der Waals surface area contributed by atoms with Gasteiger partial charge in [0.2, 0.25) is 0 Å². The molecule has 0 fully saturated rings. The highest BCUT2D eigenvalue weighted by Crippen LogP contribution is 2.30. The minimum Gasteiger partial charge on any atom is -0.396 e. The second kappa shape index (κ2) is 4.95. The molecule has 0 aliphatic rings. The summed E-state index contributed by atoms with van der Waals surface area (Å²) in [6.07, 6.45) is -1.39. The number of rotatable bonds is 3. The Hall–Kier alpha value is -1.98. The Morgan fingerprint density at radius 3 is 2.68 bits per heavy atom. The third-order valence-electron chi connectivity index (χ3n) is 2.81. The van der Waals surface area contributed by atoms with Crippen molar-refractivity contribution in [1.29, 1.82) is 0 Å². The van der Waals surface area contributed by atoms with Crippen LogP contribution < -0.4 is 5.73 Å². The molecule has 102 valence electrons. The van der Waals surface area contributed by atoms with E-state index < -0.39 is 11.7 Å². The first-order valence-corrected chi connectivity index (χ1v) is 5.93. The van der Waals surface area contributed by atoms with Crippen LogP contribution in [0.4, 0.5) is 18.9 Å². The van der Waals surface area contributed by atoms with Gasteiger partial charge in [0.15, 0.2) is 0 Å². The van der Waals surface area contributed by atoms with Gasteiger partial charge in [-0.1, -0.05) is 19.4 Å². The van der Waals surface area contributed by atoms with E-state index in [1.165, 1.54) is 16.9 Å². The highest BCUT2D eigenvalue weighted by atomic mass is 19.4. The highest BCUT2D eigenvalue weighted by molar-refractivity contribution is 5.47. The van der Waals surface area contributed by atoms with Crippen LogP contribution in [-0.4, -0.2) is 9.78 Å². The molecule has 2 rings (SSSR count). The Bertz CT molecular complexity index is 573. The van der Waals surface area contributed by atoms with Crippen LogP contribution in [0.3, 0.4) is 0 Å². The summed E-state index contributed by atoms with van der Waals surface area (Å²) in [6, 6.07) is 5.06. The minimum atomic E-state index is -4.36. The van der Waals surface area contributed by atoms with Gasteiger partial charge in [0.1, 0.15) is 0 Å². The molecule has 1 aromatic carbocycles. The van der Waals surface area contributed by atoms with E-state index in [1.54, 1.807) is 6.07 Å². The van der Waals surface area contributed by atoms with Crippen molar-refractivity contribution in [3.05, 3.63) is 41.7 Å².